The van der Waals surface area contributed by atoms with E-state index in [1.807, 2.05) is 23.1 Å². The van der Waals surface area contributed by atoms with Gasteiger partial charge >= 0.3 is 0 Å². The summed E-state index contributed by atoms with van der Waals surface area (Å²) in [5.74, 6) is 1.43. The Hall–Kier alpha value is -2.24. The number of rotatable bonds is 4. The van der Waals surface area contributed by atoms with Crippen LogP contribution >= 0.6 is 0 Å². The van der Waals surface area contributed by atoms with Crippen molar-refractivity contribution in [2.45, 2.75) is 57.7 Å². The maximum atomic E-state index is 12.9. The molecule has 0 unspecified atom stereocenters. The van der Waals surface area contributed by atoms with Gasteiger partial charge in [-0.25, -0.2) is 0 Å². The van der Waals surface area contributed by atoms with E-state index in [0.717, 1.165) is 18.4 Å². The van der Waals surface area contributed by atoms with Gasteiger partial charge in [0.25, 0.3) is 5.91 Å². The highest BCUT2D eigenvalue weighted by molar-refractivity contribution is 6.06. The average molecular weight is 346 g/mol. The van der Waals surface area contributed by atoms with Crippen molar-refractivity contribution in [2.75, 3.05) is 14.2 Å². The molecule has 25 heavy (non-hydrogen) atoms. The number of hydrogen-bond acceptors (Lipinski definition) is 5. The summed E-state index contributed by atoms with van der Waals surface area (Å²) in [7, 11) is 3.23. The largest absolute Gasteiger partial charge is 0.497 e. The number of benzene rings is 1. The lowest BCUT2D eigenvalue weighted by molar-refractivity contribution is -0.148. The van der Waals surface area contributed by atoms with Gasteiger partial charge < -0.3 is 19.2 Å². The van der Waals surface area contributed by atoms with Crippen LogP contribution in [0.2, 0.25) is 0 Å². The molecule has 0 aliphatic carbocycles. The predicted molar refractivity (Wildman–Crippen MR) is 95.2 cm³/mol. The smallest absolute Gasteiger partial charge is 0.267 e. The molecule has 2 aliphatic rings. The van der Waals surface area contributed by atoms with E-state index in [9.17, 15) is 4.79 Å². The predicted octanol–water partition coefficient (Wildman–Crippen LogP) is 2.99. The van der Waals surface area contributed by atoms with Crippen molar-refractivity contribution < 1.29 is 19.1 Å². The molecule has 1 aromatic carbocycles. The van der Waals surface area contributed by atoms with Gasteiger partial charge in [0.15, 0.2) is 0 Å². The maximum absolute atomic E-state index is 12.9. The molecule has 0 bridgehead atoms. The zero-order chi connectivity index (χ0) is 18.0. The first kappa shape index (κ1) is 17.6. The molecule has 0 radical (unpaired) electrons. The Bertz CT molecular complexity index is 663. The number of carbonyl (C=O) groups excluding carboxylic acids is 1. The molecule has 0 aromatic heterocycles. The van der Waals surface area contributed by atoms with Crippen molar-refractivity contribution in [2.24, 2.45) is 5.16 Å². The zero-order valence-electron chi connectivity index (χ0n) is 15.3. The fourth-order valence-corrected chi connectivity index (χ4v) is 3.73. The topological polar surface area (TPSA) is 60.4 Å². The van der Waals surface area contributed by atoms with Crippen LogP contribution in [0, 0.1) is 0 Å². The number of methoxy groups -OCH3 is 2. The van der Waals surface area contributed by atoms with E-state index >= 15 is 0 Å². The second kappa shape index (κ2) is 7.33. The quantitative estimate of drug-likeness (QED) is 0.841. The molecule has 3 rings (SSSR count). The molecule has 1 amide bonds. The van der Waals surface area contributed by atoms with Crippen molar-refractivity contribution >= 4 is 11.6 Å². The Balaban J connectivity index is 1.76. The van der Waals surface area contributed by atoms with Crippen LogP contribution in [0.3, 0.4) is 0 Å². The fraction of sp³-hybridized carbons (Fsp3) is 0.579. The van der Waals surface area contributed by atoms with Crippen molar-refractivity contribution in [1.29, 1.82) is 0 Å². The number of hydrogen-bond donors (Lipinski definition) is 0. The lowest BCUT2D eigenvalue weighted by Crippen LogP contribution is -2.51. The highest BCUT2D eigenvalue weighted by atomic mass is 16.6. The minimum absolute atomic E-state index is 0.0281. The van der Waals surface area contributed by atoms with Crippen LogP contribution in [0.25, 0.3) is 0 Å². The summed E-state index contributed by atoms with van der Waals surface area (Å²) < 4.78 is 10.7. The summed E-state index contributed by atoms with van der Waals surface area (Å²) in [6, 6.07) is 6.02. The second-order valence-corrected chi connectivity index (χ2v) is 6.78. The molecule has 0 spiro atoms. The second-order valence-electron chi connectivity index (χ2n) is 6.78. The first-order chi connectivity index (χ1) is 12.0. The maximum Gasteiger partial charge on any atom is 0.267 e. The van der Waals surface area contributed by atoms with Crippen molar-refractivity contribution in [3.63, 3.8) is 0 Å². The average Bonchev–Trinajstić information content (AvgIpc) is 3.10. The van der Waals surface area contributed by atoms with Crippen LogP contribution in [0.5, 0.6) is 11.5 Å². The molecule has 1 aromatic rings. The molecule has 6 heteroatoms. The molecule has 2 aliphatic heterocycles. The number of oxime groups is 1. The lowest BCUT2D eigenvalue weighted by Gasteiger charge is -2.39. The Kier molecular flexibility index (Phi) is 5.16. The van der Waals surface area contributed by atoms with Crippen LogP contribution in [-0.2, 0) is 9.63 Å². The highest BCUT2D eigenvalue weighted by Gasteiger charge is 2.38. The highest BCUT2D eigenvalue weighted by Crippen LogP contribution is 2.30. The van der Waals surface area contributed by atoms with Gasteiger partial charge in [0.2, 0.25) is 6.10 Å². The SMILES string of the molecule is COc1ccc(OC)c(C2=NO[C@H](C(=O)N3[C@H](C)CCC[C@H]3C)C2)c1. The van der Waals surface area contributed by atoms with E-state index in [0.29, 0.717) is 23.6 Å². The normalized spacial score (nSPS) is 26.0. The third-order valence-corrected chi connectivity index (χ3v) is 5.11. The van der Waals surface area contributed by atoms with Crippen LogP contribution < -0.4 is 9.47 Å². The standard InChI is InChI=1S/C19H26N2O4/c1-12-6-5-7-13(2)21(12)19(22)18-11-16(20-25-18)15-10-14(23-3)8-9-17(15)24-4/h8-10,12-13,18H,5-7,11H2,1-4H3/t12-,13-,18+/m1/s1. The van der Waals surface area contributed by atoms with Gasteiger partial charge in [0.05, 0.1) is 19.9 Å². The molecular formula is C19H26N2O4. The number of ether oxygens (including phenoxy) is 2. The van der Waals surface area contributed by atoms with Crippen LogP contribution in [-0.4, -0.2) is 48.9 Å². The fourth-order valence-electron chi connectivity index (χ4n) is 3.73. The summed E-state index contributed by atoms with van der Waals surface area (Å²) in [5.41, 5.74) is 1.52. The number of amides is 1. The summed E-state index contributed by atoms with van der Waals surface area (Å²) in [6.07, 6.45) is 3.13. The van der Waals surface area contributed by atoms with Crippen molar-refractivity contribution in [3.05, 3.63) is 23.8 Å². The molecule has 2 heterocycles. The Labute approximate surface area is 148 Å². The monoisotopic (exact) mass is 346 g/mol. The van der Waals surface area contributed by atoms with Gasteiger partial charge in [-0.2, -0.15) is 0 Å². The van der Waals surface area contributed by atoms with Gasteiger partial charge in [0, 0.05) is 24.1 Å². The number of likely N-dealkylation sites (tertiary alicyclic amines) is 1. The van der Waals surface area contributed by atoms with E-state index in [4.69, 9.17) is 14.3 Å². The summed E-state index contributed by atoms with van der Waals surface area (Å²) in [4.78, 5) is 20.4. The van der Waals surface area contributed by atoms with Crippen molar-refractivity contribution in [1.82, 2.24) is 4.90 Å². The summed E-state index contributed by atoms with van der Waals surface area (Å²) in [5, 5.41) is 4.17. The molecule has 0 saturated carbocycles. The zero-order valence-corrected chi connectivity index (χ0v) is 15.3. The van der Waals surface area contributed by atoms with E-state index in [1.54, 1.807) is 14.2 Å². The Morgan fingerprint density at radius 3 is 2.56 bits per heavy atom. The Morgan fingerprint density at radius 1 is 1.20 bits per heavy atom. The van der Waals surface area contributed by atoms with Gasteiger partial charge in [-0.05, 0) is 51.3 Å². The van der Waals surface area contributed by atoms with Crippen LogP contribution in [0.1, 0.15) is 45.1 Å². The van der Waals surface area contributed by atoms with Gasteiger partial charge in [0.1, 0.15) is 11.5 Å². The van der Waals surface area contributed by atoms with E-state index in [-0.39, 0.29) is 18.0 Å². The first-order valence-corrected chi connectivity index (χ1v) is 8.82. The molecule has 3 atom stereocenters. The van der Waals surface area contributed by atoms with E-state index in [2.05, 4.69) is 19.0 Å². The summed E-state index contributed by atoms with van der Waals surface area (Å²) >= 11 is 0. The number of piperidine rings is 1. The third kappa shape index (κ3) is 3.43. The Morgan fingerprint density at radius 2 is 1.92 bits per heavy atom. The molecular weight excluding hydrogens is 320 g/mol. The molecule has 6 nitrogen and oxygen atoms in total. The molecule has 1 fully saturated rings. The minimum Gasteiger partial charge on any atom is -0.497 e. The lowest BCUT2D eigenvalue weighted by atomic mass is 9.95. The molecule has 136 valence electrons. The number of nitrogens with zero attached hydrogens (tertiary/aromatic N) is 2. The van der Waals surface area contributed by atoms with Gasteiger partial charge in [-0.3, -0.25) is 4.79 Å². The van der Waals surface area contributed by atoms with Gasteiger partial charge in [-0.1, -0.05) is 5.16 Å². The first-order valence-electron chi connectivity index (χ1n) is 8.82. The molecule has 0 N–H and O–H groups in total. The van der Waals surface area contributed by atoms with Gasteiger partial charge in [-0.15, -0.1) is 0 Å². The molecule has 1 saturated heterocycles. The van der Waals surface area contributed by atoms with E-state index in [1.165, 1.54) is 6.42 Å². The van der Waals surface area contributed by atoms with E-state index < -0.39 is 6.10 Å². The summed E-state index contributed by atoms with van der Waals surface area (Å²) in [6.45, 7) is 4.21. The number of carbonyl (C=O) groups is 1. The minimum atomic E-state index is -0.561. The van der Waals surface area contributed by atoms with Crippen molar-refractivity contribution in [3.8, 4) is 11.5 Å². The van der Waals surface area contributed by atoms with Crippen LogP contribution in [0.15, 0.2) is 23.4 Å². The third-order valence-electron chi connectivity index (χ3n) is 5.11. The van der Waals surface area contributed by atoms with Crippen LogP contribution in [0.4, 0.5) is 0 Å².